The molecule has 0 fully saturated rings. The number of hydrogen-bond donors (Lipinski definition) is 0. The van der Waals surface area contributed by atoms with Crippen molar-refractivity contribution in [2.45, 2.75) is 8.45 Å². The van der Waals surface area contributed by atoms with Crippen molar-refractivity contribution in [2.75, 3.05) is 0 Å². The van der Waals surface area contributed by atoms with E-state index in [0.717, 1.165) is 0 Å². The van der Waals surface area contributed by atoms with Gasteiger partial charge in [0.15, 0.2) is 0 Å². The van der Waals surface area contributed by atoms with E-state index in [1.54, 1.807) is 7.74 Å². The molecule has 2 unspecified atom stereocenters. The number of hydrogen-bond acceptors (Lipinski definition) is 0. The van der Waals surface area contributed by atoms with E-state index in [1.165, 1.54) is 32.6 Å². The van der Waals surface area contributed by atoms with Gasteiger partial charge in [0, 0.05) is 0 Å². The molecular weight excluding hydrogens is 580 g/mol. The first kappa shape index (κ1) is 27.3. The molecular formula is C42H35SiTi. The zero-order valence-corrected chi connectivity index (χ0v) is 27.4. The van der Waals surface area contributed by atoms with E-state index < -0.39 is 21.2 Å². The summed E-state index contributed by atoms with van der Waals surface area (Å²) in [5, 5.41) is 3.05. The fraction of sp³-hybridized carbons (Fsp3) is 0.0476. The van der Waals surface area contributed by atoms with Crippen molar-refractivity contribution in [2.24, 2.45) is 0 Å². The molecule has 0 N–H and O–H groups in total. The summed E-state index contributed by atoms with van der Waals surface area (Å²) >= 11 is -4.60. The van der Waals surface area contributed by atoms with Crippen LogP contribution < -0.4 is 18.1 Å². The van der Waals surface area contributed by atoms with Gasteiger partial charge in [-0.1, -0.05) is 0 Å². The van der Waals surface area contributed by atoms with Gasteiger partial charge in [0.2, 0.25) is 0 Å². The number of fused-ring (bicyclic) bond motifs is 2. The topological polar surface area (TPSA) is 0 Å². The van der Waals surface area contributed by atoms with Crippen LogP contribution in [0.2, 0.25) is 0 Å². The average molecular weight is 616 g/mol. The van der Waals surface area contributed by atoms with Gasteiger partial charge in [0.05, 0.1) is 0 Å². The van der Waals surface area contributed by atoms with Crippen molar-refractivity contribution >= 4 is 36.9 Å². The van der Waals surface area contributed by atoms with E-state index in [0.29, 0.717) is 0 Å². The molecule has 2 heteroatoms. The summed E-state index contributed by atoms with van der Waals surface area (Å²) < 4.78 is 3.67. The van der Waals surface area contributed by atoms with Gasteiger partial charge in [-0.3, -0.25) is 0 Å². The summed E-state index contributed by atoms with van der Waals surface area (Å²) in [6.45, 7) is -2.13. The molecule has 6 aromatic rings. The molecule has 0 amide bonds. The molecule has 44 heavy (non-hydrogen) atoms. The summed E-state index contributed by atoms with van der Waals surface area (Å²) in [6, 6.07) is 65.4. The first-order valence-corrected chi connectivity index (χ1v) is 23.5. The fourth-order valence-corrected chi connectivity index (χ4v) is 43.4. The Labute approximate surface area is 262 Å². The van der Waals surface area contributed by atoms with Crippen LogP contribution in [0.4, 0.5) is 0 Å². The zero-order chi connectivity index (χ0) is 29.4. The van der Waals surface area contributed by atoms with Crippen molar-refractivity contribution in [3.8, 4) is 0 Å². The first-order chi connectivity index (χ1) is 21.8. The maximum absolute atomic E-state index is 4.60. The SMILES string of the molecule is C1=C[CH]([Ti]([c]2ccccc2)([c]2ccccc2)([CH]2C=Cc3ccccc32)[SiH](c2ccccc2)c2ccccc2)c2ccccc21. The molecule has 0 nitrogen and oxygen atoms in total. The van der Waals surface area contributed by atoms with Crippen molar-refractivity contribution in [3.63, 3.8) is 0 Å². The molecule has 0 saturated heterocycles. The average Bonchev–Trinajstić information content (AvgIpc) is 3.75. The van der Waals surface area contributed by atoms with Crippen LogP contribution in [0, 0.1) is 0 Å². The second-order valence-electron chi connectivity index (χ2n) is 12.4. The van der Waals surface area contributed by atoms with Gasteiger partial charge in [-0.15, -0.1) is 0 Å². The van der Waals surface area contributed by atoms with E-state index >= 15 is 0 Å². The number of rotatable bonds is 7. The summed E-state index contributed by atoms with van der Waals surface area (Å²) in [7, 11) is 0. The van der Waals surface area contributed by atoms with Crippen LogP contribution in [0.3, 0.4) is 0 Å². The van der Waals surface area contributed by atoms with Crippen LogP contribution in [0.1, 0.15) is 30.7 Å². The molecule has 2 atom stereocenters. The molecule has 6 aromatic carbocycles. The molecule has 2 aliphatic carbocycles. The third kappa shape index (κ3) is 3.80. The van der Waals surface area contributed by atoms with Gasteiger partial charge in [0.1, 0.15) is 0 Å². The van der Waals surface area contributed by atoms with Gasteiger partial charge in [-0.2, -0.15) is 0 Å². The van der Waals surface area contributed by atoms with Crippen LogP contribution >= 0.6 is 0 Å². The standard InChI is InChI=1S/C12H11Si.2C9H7.2C6H5.Ti/c1-3-7-11(8-4-1)13-12-9-5-2-6-10-12;2*1-2-5-9-7-3-6-8(9)4-1;2*1-2-4-6-5-3-1;/h1-10,13H;2*1-7H;2*1-5H;. The zero-order valence-electron chi connectivity index (χ0n) is 24.7. The molecule has 0 spiro atoms. The first-order valence-electron chi connectivity index (χ1n) is 15.7. The molecule has 211 valence electrons. The van der Waals surface area contributed by atoms with Gasteiger partial charge >= 0.3 is 264 Å². The molecule has 0 saturated carbocycles. The molecule has 2 aliphatic rings. The Morgan fingerprint density at radius 2 is 0.705 bits per heavy atom. The van der Waals surface area contributed by atoms with Crippen LogP contribution in [0.25, 0.3) is 12.2 Å². The van der Waals surface area contributed by atoms with Crippen LogP contribution in [-0.2, 0) is 14.6 Å². The Morgan fingerprint density at radius 1 is 0.364 bits per heavy atom. The van der Waals surface area contributed by atoms with Crippen LogP contribution in [-0.4, -0.2) is 6.66 Å². The Kier molecular flexibility index (Phi) is 6.84. The molecule has 0 heterocycles. The Morgan fingerprint density at radius 3 is 1.11 bits per heavy atom. The molecule has 0 aromatic heterocycles. The Bertz CT molecular complexity index is 1840. The van der Waals surface area contributed by atoms with E-state index in [9.17, 15) is 0 Å². The van der Waals surface area contributed by atoms with Crippen molar-refractivity contribution in [1.82, 2.24) is 0 Å². The third-order valence-corrected chi connectivity index (χ3v) is 39.5. The van der Waals surface area contributed by atoms with E-state index in [4.69, 9.17) is 0 Å². The summed E-state index contributed by atoms with van der Waals surface area (Å²) in [5.74, 6) is 0. The molecule has 0 aliphatic heterocycles. The van der Waals surface area contributed by atoms with E-state index in [2.05, 4.69) is 194 Å². The maximum atomic E-state index is 2.63. The summed E-state index contributed by atoms with van der Waals surface area (Å²) in [4.78, 5) is 0. The monoisotopic (exact) mass is 615 g/mol. The number of benzene rings is 6. The second-order valence-corrected chi connectivity index (χ2v) is 30.8. The van der Waals surface area contributed by atoms with Crippen molar-refractivity contribution in [3.05, 3.63) is 204 Å². The van der Waals surface area contributed by atoms with Crippen molar-refractivity contribution < 1.29 is 14.6 Å². The molecule has 8 rings (SSSR count). The quantitative estimate of drug-likeness (QED) is 0.164. The Hall–Kier alpha value is -4.27. The third-order valence-electron chi connectivity index (χ3n) is 10.7. The second kappa shape index (κ2) is 11.0. The van der Waals surface area contributed by atoms with Gasteiger partial charge in [0.25, 0.3) is 0 Å². The van der Waals surface area contributed by atoms with Crippen LogP contribution in [0.15, 0.2) is 182 Å². The van der Waals surface area contributed by atoms with Gasteiger partial charge in [-0.25, -0.2) is 0 Å². The number of allylic oxidation sites excluding steroid dienone is 2. The van der Waals surface area contributed by atoms with Crippen molar-refractivity contribution in [1.29, 1.82) is 0 Å². The predicted molar refractivity (Wildman–Crippen MR) is 188 cm³/mol. The minimum absolute atomic E-state index is 0.269. The molecule has 0 radical (unpaired) electrons. The van der Waals surface area contributed by atoms with Crippen LogP contribution in [0.5, 0.6) is 0 Å². The van der Waals surface area contributed by atoms with Gasteiger partial charge in [-0.05, 0) is 0 Å². The normalized spacial score (nSPS) is 17.6. The predicted octanol–water partition coefficient (Wildman–Crippen LogP) is 7.40. The van der Waals surface area contributed by atoms with E-state index in [-0.39, 0.29) is 8.45 Å². The van der Waals surface area contributed by atoms with E-state index in [1.807, 2.05) is 0 Å². The summed E-state index contributed by atoms with van der Waals surface area (Å²) in [6.07, 6.45) is 10.1. The Balaban J connectivity index is 1.67. The minimum atomic E-state index is -4.60. The van der Waals surface area contributed by atoms with Gasteiger partial charge < -0.3 is 0 Å². The summed E-state index contributed by atoms with van der Waals surface area (Å²) in [5.41, 5.74) is 5.70. The fourth-order valence-electron chi connectivity index (χ4n) is 9.18. The molecule has 0 bridgehead atoms.